The standard InChI is InChI=1S/C25H25ClFN5O3/c1-35-23-9-19(20(27)12-28-23)21-10-22(31-30-21)25(34)32-13-15-5-6-17(32)8-18(15)24(33)29-11-14-3-2-4-16(26)7-14/h2-4,7,9-10,12,15,17-18H,5-6,8,11,13H2,1H3,(H,29,33)(H,30,31). The van der Waals surface area contributed by atoms with Gasteiger partial charge < -0.3 is 15.0 Å². The van der Waals surface area contributed by atoms with Crippen LogP contribution in [0.2, 0.25) is 5.02 Å². The van der Waals surface area contributed by atoms with Crippen LogP contribution in [-0.2, 0) is 11.3 Å². The van der Waals surface area contributed by atoms with Gasteiger partial charge >= 0.3 is 0 Å². The molecule has 0 radical (unpaired) electrons. The molecule has 1 aliphatic carbocycles. The molecule has 182 valence electrons. The van der Waals surface area contributed by atoms with Crippen molar-refractivity contribution in [3.05, 3.63) is 64.7 Å². The third-order valence-corrected chi connectivity index (χ3v) is 7.15. The van der Waals surface area contributed by atoms with E-state index in [0.717, 1.165) is 24.6 Å². The molecule has 1 saturated carbocycles. The molecule has 10 heteroatoms. The van der Waals surface area contributed by atoms with Gasteiger partial charge in [0.2, 0.25) is 11.8 Å². The van der Waals surface area contributed by atoms with Gasteiger partial charge in [-0.2, -0.15) is 5.10 Å². The Balaban J connectivity index is 1.24. The number of nitrogens with zero attached hydrogens (tertiary/aromatic N) is 3. The van der Waals surface area contributed by atoms with Crippen molar-refractivity contribution in [1.29, 1.82) is 0 Å². The van der Waals surface area contributed by atoms with E-state index < -0.39 is 5.82 Å². The Morgan fingerprint density at radius 3 is 2.89 bits per heavy atom. The number of aromatic amines is 1. The molecule has 3 aromatic rings. The monoisotopic (exact) mass is 497 g/mol. The SMILES string of the molecule is COc1cc(-c2cc(C(=O)N3CC4CCC3CC4C(=O)NCc3cccc(Cl)c3)[nH]n2)c(F)cn1. The van der Waals surface area contributed by atoms with Crippen LogP contribution < -0.4 is 10.1 Å². The van der Waals surface area contributed by atoms with Crippen molar-refractivity contribution >= 4 is 23.4 Å². The maximum absolute atomic E-state index is 14.3. The van der Waals surface area contributed by atoms with Crippen LogP contribution in [0.5, 0.6) is 5.88 Å². The number of pyridine rings is 1. The maximum Gasteiger partial charge on any atom is 0.272 e. The van der Waals surface area contributed by atoms with Crippen LogP contribution in [0.4, 0.5) is 4.39 Å². The molecule has 3 atom stereocenters. The second-order valence-corrected chi connectivity index (χ2v) is 9.45. The lowest BCUT2D eigenvalue weighted by atomic mass is 9.71. The molecule has 35 heavy (non-hydrogen) atoms. The van der Waals surface area contributed by atoms with E-state index in [1.54, 1.807) is 6.07 Å². The van der Waals surface area contributed by atoms with E-state index in [1.807, 2.05) is 23.1 Å². The number of halogens is 2. The van der Waals surface area contributed by atoms with E-state index >= 15 is 0 Å². The number of piperidine rings is 2. The van der Waals surface area contributed by atoms with Crippen molar-refractivity contribution in [2.45, 2.75) is 31.8 Å². The highest BCUT2D eigenvalue weighted by Crippen LogP contribution is 2.40. The average molecular weight is 498 g/mol. The highest BCUT2D eigenvalue weighted by Gasteiger charge is 2.45. The number of nitrogens with one attached hydrogen (secondary N) is 2. The summed E-state index contributed by atoms with van der Waals surface area (Å²) in [6.45, 7) is 0.924. The van der Waals surface area contributed by atoms with E-state index in [2.05, 4.69) is 20.5 Å². The largest absolute Gasteiger partial charge is 0.481 e. The fraction of sp³-hybridized carbons (Fsp3) is 0.360. The molecule has 0 spiro atoms. The molecule has 2 aliphatic heterocycles. The molecular weight excluding hydrogens is 473 g/mol. The Labute approximate surface area is 206 Å². The molecule has 3 aliphatic rings. The third-order valence-electron chi connectivity index (χ3n) is 6.91. The van der Waals surface area contributed by atoms with E-state index in [0.29, 0.717) is 30.2 Å². The summed E-state index contributed by atoms with van der Waals surface area (Å²) in [6, 6.07) is 10.4. The number of amides is 2. The first-order chi connectivity index (χ1) is 16.9. The molecule has 2 saturated heterocycles. The molecule has 4 heterocycles. The average Bonchev–Trinajstić information content (AvgIpc) is 3.37. The normalized spacial score (nSPS) is 21.1. The van der Waals surface area contributed by atoms with Crippen LogP contribution in [0.15, 0.2) is 42.6 Å². The fourth-order valence-corrected chi connectivity index (χ4v) is 5.32. The quantitative estimate of drug-likeness (QED) is 0.539. The molecule has 6 rings (SSSR count). The number of hydrogen-bond acceptors (Lipinski definition) is 5. The Morgan fingerprint density at radius 2 is 2.14 bits per heavy atom. The van der Waals surface area contributed by atoms with Gasteiger partial charge in [-0.15, -0.1) is 0 Å². The first kappa shape index (κ1) is 23.3. The first-order valence-corrected chi connectivity index (χ1v) is 11.9. The van der Waals surface area contributed by atoms with Crippen molar-refractivity contribution in [2.24, 2.45) is 11.8 Å². The van der Waals surface area contributed by atoms with Gasteiger partial charge in [0.25, 0.3) is 5.91 Å². The predicted octanol–water partition coefficient (Wildman–Crippen LogP) is 3.83. The van der Waals surface area contributed by atoms with Gasteiger partial charge in [-0.05, 0) is 48.9 Å². The molecule has 2 aromatic heterocycles. The first-order valence-electron chi connectivity index (χ1n) is 11.5. The number of fused-ring (bicyclic) bond motifs is 3. The van der Waals surface area contributed by atoms with Crippen LogP contribution in [-0.4, -0.2) is 51.6 Å². The third kappa shape index (κ3) is 4.73. The van der Waals surface area contributed by atoms with Gasteiger partial charge in [-0.25, -0.2) is 9.37 Å². The van der Waals surface area contributed by atoms with Crippen LogP contribution in [0.3, 0.4) is 0 Å². The molecular formula is C25H25ClFN5O3. The number of aromatic nitrogens is 3. The van der Waals surface area contributed by atoms with Crippen molar-refractivity contribution in [3.8, 4) is 17.1 Å². The van der Waals surface area contributed by atoms with E-state index in [9.17, 15) is 14.0 Å². The topological polar surface area (TPSA) is 100 Å². The minimum atomic E-state index is -0.556. The highest BCUT2D eigenvalue weighted by molar-refractivity contribution is 6.30. The highest BCUT2D eigenvalue weighted by atomic mass is 35.5. The molecule has 2 N–H and O–H groups in total. The number of rotatable bonds is 6. The Kier molecular flexibility index (Phi) is 6.42. The van der Waals surface area contributed by atoms with Crippen LogP contribution in [0, 0.1) is 17.7 Å². The lowest BCUT2D eigenvalue weighted by Gasteiger charge is -2.48. The minimum Gasteiger partial charge on any atom is -0.481 e. The van der Waals surface area contributed by atoms with Gasteiger partial charge in [0.15, 0.2) is 5.82 Å². The summed E-state index contributed by atoms with van der Waals surface area (Å²) in [6.07, 6.45) is 3.44. The van der Waals surface area contributed by atoms with Gasteiger partial charge in [0.05, 0.1) is 19.0 Å². The molecule has 2 amide bonds. The Hall–Kier alpha value is -3.46. The number of carbonyl (C=O) groups is 2. The summed E-state index contributed by atoms with van der Waals surface area (Å²) in [4.78, 5) is 31.8. The number of benzene rings is 1. The van der Waals surface area contributed by atoms with Gasteiger partial charge in [0, 0.05) is 41.7 Å². The van der Waals surface area contributed by atoms with Crippen LogP contribution in [0.25, 0.3) is 11.3 Å². The van der Waals surface area contributed by atoms with Crippen molar-refractivity contribution < 1.29 is 18.7 Å². The number of methoxy groups -OCH3 is 1. The van der Waals surface area contributed by atoms with E-state index in [4.69, 9.17) is 16.3 Å². The summed E-state index contributed by atoms with van der Waals surface area (Å²) in [7, 11) is 1.44. The lowest BCUT2D eigenvalue weighted by molar-refractivity contribution is -0.131. The second kappa shape index (κ2) is 9.65. The molecule has 1 aromatic carbocycles. The van der Waals surface area contributed by atoms with Gasteiger partial charge in [-0.3, -0.25) is 14.7 Å². The number of carbonyl (C=O) groups excluding carboxylic acids is 2. The number of ether oxygens (including phenoxy) is 1. The Bertz CT molecular complexity index is 1270. The van der Waals surface area contributed by atoms with Crippen LogP contribution >= 0.6 is 11.6 Å². The Morgan fingerprint density at radius 1 is 1.29 bits per heavy atom. The molecule has 3 unspecified atom stereocenters. The smallest absolute Gasteiger partial charge is 0.272 e. The van der Waals surface area contributed by atoms with Gasteiger partial charge in [0.1, 0.15) is 5.69 Å². The number of hydrogen-bond donors (Lipinski definition) is 2. The molecule has 2 bridgehead atoms. The lowest BCUT2D eigenvalue weighted by Crippen LogP contribution is -2.57. The molecule has 3 fully saturated rings. The number of H-pyrrole nitrogens is 1. The summed E-state index contributed by atoms with van der Waals surface area (Å²) >= 11 is 6.03. The fourth-order valence-electron chi connectivity index (χ4n) is 5.10. The summed E-state index contributed by atoms with van der Waals surface area (Å²) in [5.41, 5.74) is 1.72. The van der Waals surface area contributed by atoms with Crippen LogP contribution in [0.1, 0.15) is 35.3 Å². The van der Waals surface area contributed by atoms with E-state index in [-0.39, 0.29) is 46.8 Å². The summed E-state index contributed by atoms with van der Waals surface area (Å²) in [5.74, 6) is -0.527. The molecule has 8 nitrogen and oxygen atoms in total. The van der Waals surface area contributed by atoms with Gasteiger partial charge in [-0.1, -0.05) is 23.7 Å². The zero-order valence-corrected chi connectivity index (χ0v) is 19.9. The summed E-state index contributed by atoms with van der Waals surface area (Å²) < 4.78 is 19.3. The zero-order chi connectivity index (χ0) is 24.5. The van der Waals surface area contributed by atoms with E-state index in [1.165, 1.54) is 19.2 Å². The second-order valence-electron chi connectivity index (χ2n) is 9.01. The predicted molar refractivity (Wildman–Crippen MR) is 127 cm³/mol. The maximum atomic E-state index is 14.3. The zero-order valence-electron chi connectivity index (χ0n) is 19.1. The van der Waals surface area contributed by atoms with Crippen molar-refractivity contribution in [2.75, 3.05) is 13.7 Å². The minimum absolute atomic E-state index is 0.0118. The van der Waals surface area contributed by atoms with Crippen molar-refractivity contribution in [1.82, 2.24) is 25.4 Å². The summed E-state index contributed by atoms with van der Waals surface area (Å²) in [5, 5.41) is 10.5. The van der Waals surface area contributed by atoms with Crippen molar-refractivity contribution in [3.63, 3.8) is 0 Å².